The zero-order chi connectivity index (χ0) is 16.6. The van der Waals surface area contributed by atoms with E-state index in [0.717, 1.165) is 25.2 Å². The average Bonchev–Trinajstić information content (AvgIpc) is 2.46. The first kappa shape index (κ1) is 18.5. The normalized spacial score (nSPS) is 13.7. The van der Waals surface area contributed by atoms with Crippen LogP contribution in [-0.2, 0) is 11.2 Å². The fourth-order valence-corrected chi connectivity index (χ4v) is 2.17. The Balaban J connectivity index is 2.37. The summed E-state index contributed by atoms with van der Waals surface area (Å²) in [5.74, 6) is 1.33. The van der Waals surface area contributed by atoms with E-state index in [1.165, 1.54) is 5.56 Å². The van der Waals surface area contributed by atoms with Crippen molar-refractivity contribution in [1.29, 1.82) is 0 Å². The van der Waals surface area contributed by atoms with E-state index in [1.807, 2.05) is 31.2 Å². The minimum atomic E-state index is -0.775. The highest BCUT2D eigenvalue weighted by Crippen LogP contribution is 2.14. The fourth-order valence-electron chi connectivity index (χ4n) is 2.17. The first-order valence-corrected chi connectivity index (χ1v) is 8.14. The van der Waals surface area contributed by atoms with Gasteiger partial charge in [-0.3, -0.25) is 4.79 Å². The van der Waals surface area contributed by atoms with Gasteiger partial charge in [-0.15, -0.1) is 0 Å². The molecular formula is C18H30N2O2. The molecule has 1 unspecified atom stereocenters. The number of rotatable bonds is 9. The summed E-state index contributed by atoms with van der Waals surface area (Å²) in [4.78, 5) is 12.0. The van der Waals surface area contributed by atoms with Crippen molar-refractivity contribution < 1.29 is 9.53 Å². The molecular weight excluding hydrogens is 276 g/mol. The van der Waals surface area contributed by atoms with Crippen molar-refractivity contribution in [2.45, 2.75) is 52.5 Å². The molecule has 0 spiro atoms. The van der Waals surface area contributed by atoms with Crippen molar-refractivity contribution in [2.75, 3.05) is 13.2 Å². The van der Waals surface area contributed by atoms with Crippen LogP contribution in [0.25, 0.3) is 0 Å². The summed E-state index contributed by atoms with van der Waals surface area (Å²) in [5.41, 5.74) is 6.40. The number of hydrogen-bond acceptors (Lipinski definition) is 3. The van der Waals surface area contributed by atoms with E-state index >= 15 is 0 Å². The Morgan fingerprint density at radius 1 is 1.32 bits per heavy atom. The second-order valence-corrected chi connectivity index (χ2v) is 6.52. The van der Waals surface area contributed by atoms with E-state index in [4.69, 9.17) is 10.5 Å². The molecule has 1 aromatic rings. The van der Waals surface area contributed by atoms with E-state index in [2.05, 4.69) is 19.2 Å². The van der Waals surface area contributed by atoms with E-state index in [9.17, 15) is 4.79 Å². The third-order valence-corrected chi connectivity index (χ3v) is 3.49. The zero-order valence-corrected chi connectivity index (χ0v) is 14.3. The molecule has 124 valence electrons. The lowest BCUT2D eigenvalue weighted by Gasteiger charge is -2.22. The Morgan fingerprint density at radius 2 is 1.95 bits per heavy atom. The van der Waals surface area contributed by atoms with Crippen molar-refractivity contribution in [3.8, 4) is 5.75 Å². The van der Waals surface area contributed by atoms with Crippen molar-refractivity contribution in [2.24, 2.45) is 11.7 Å². The molecule has 0 bridgehead atoms. The predicted octanol–water partition coefficient (Wildman–Crippen LogP) is 2.90. The van der Waals surface area contributed by atoms with Gasteiger partial charge in [-0.25, -0.2) is 0 Å². The van der Waals surface area contributed by atoms with Crippen LogP contribution in [0.4, 0.5) is 0 Å². The SMILES string of the molecule is CCCC(C)(N)C(=O)NCCc1ccc(OCC(C)C)cc1. The van der Waals surface area contributed by atoms with Crippen LogP contribution in [0.5, 0.6) is 5.75 Å². The summed E-state index contributed by atoms with van der Waals surface area (Å²) in [5, 5.41) is 2.92. The first-order valence-electron chi connectivity index (χ1n) is 8.14. The van der Waals surface area contributed by atoms with Gasteiger partial charge < -0.3 is 15.8 Å². The van der Waals surface area contributed by atoms with Crippen LogP contribution in [0, 0.1) is 5.92 Å². The van der Waals surface area contributed by atoms with Gasteiger partial charge in [0.15, 0.2) is 0 Å². The second-order valence-electron chi connectivity index (χ2n) is 6.52. The molecule has 1 amide bonds. The van der Waals surface area contributed by atoms with Gasteiger partial charge in [0.05, 0.1) is 12.1 Å². The number of hydrogen-bond donors (Lipinski definition) is 2. The summed E-state index contributed by atoms with van der Waals surface area (Å²) in [6, 6.07) is 8.03. The van der Waals surface area contributed by atoms with Crippen molar-refractivity contribution in [3.05, 3.63) is 29.8 Å². The van der Waals surface area contributed by atoms with Gasteiger partial charge in [0.25, 0.3) is 0 Å². The van der Waals surface area contributed by atoms with Crippen LogP contribution in [0.1, 0.15) is 46.1 Å². The minimum Gasteiger partial charge on any atom is -0.493 e. The molecule has 0 fully saturated rings. The molecule has 4 nitrogen and oxygen atoms in total. The standard InChI is InChI=1S/C18H30N2O2/c1-5-11-18(4,19)17(21)20-12-10-15-6-8-16(9-7-15)22-13-14(2)3/h6-9,14H,5,10-13,19H2,1-4H3,(H,20,21). The lowest BCUT2D eigenvalue weighted by atomic mass is 9.96. The average molecular weight is 306 g/mol. The highest BCUT2D eigenvalue weighted by atomic mass is 16.5. The van der Waals surface area contributed by atoms with E-state index in [-0.39, 0.29) is 5.91 Å². The Kier molecular flexibility index (Phi) is 7.39. The Bertz CT molecular complexity index is 453. The van der Waals surface area contributed by atoms with Crippen LogP contribution in [0.15, 0.2) is 24.3 Å². The van der Waals surface area contributed by atoms with Crippen molar-refractivity contribution >= 4 is 5.91 Å². The van der Waals surface area contributed by atoms with Gasteiger partial charge >= 0.3 is 0 Å². The summed E-state index contributed by atoms with van der Waals surface area (Å²) >= 11 is 0. The lowest BCUT2D eigenvalue weighted by Crippen LogP contribution is -2.51. The fraction of sp³-hybridized carbons (Fsp3) is 0.611. The largest absolute Gasteiger partial charge is 0.493 e. The molecule has 0 aliphatic carbocycles. The summed E-state index contributed by atoms with van der Waals surface area (Å²) < 4.78 is 5.65. The monoisotopic (exact) mass is 306 g/mol. The van der Waals surface area contributed by atoms with E-state index < -0.39 is 5.54 Å². The Hall–Kier alpha value is -1.55. The number of nitrogens with two attached hydrogens (primary N) is 1. The van der Waals surface area contributed by atoms with Crippen LogP contribution < -0.4 is 15.8 Å². The molecule has 0 aliphatic heterocycles. The lowest BCUT2D eigenvalue weighted by molar-refractivity contribution is -0.126. The smallest absolute Gasteiger partial charge is 0.239 e. The molecule has 0 saturated heterocycles. The predicted molar refractivity (Wildman–Crippen MR) is 91.0 cm³/mol. The summed E-state index contributed by atoms with van der Waals surface area (Å²) in [6.45, 7) is 9.39. The summed E-state index contributed by atoms with van der Waals surface area (Å²) in [7, 11) is 0. The van der Waals surface area contributed by atoms with Crippen molar-refractivity contribution in [1.82, 2.24) is 5.32 Å². The molecule has 0 heterocycles. The van der Waals surface area contributed by atoms with Crippen LogP contribution in [0.3, 0.4) is 0 Å². The minimum absolute atomic E-state index is 0.0776. The number of ether oxygens (including phenoxy) is 1. The maximum Gasteiger partial charge on any atom is 0.239 e. The third-order valence-electron chi connectivity index (χ3n) is 3.49. The molecule has 3 N–H and O–H groups in total. The second kappa shape index (κ2) is 8.79. The number of carbonyl (C=O) groups excluding carboxylic acids is 1. The third kappa shape index (κ3) is 6.48. The van der Waals surface area contributed by atoms with Gasteiger partial charge in [-0.05, 0) is 43.4 Å². The van der Waals surface area contributed by atoms with Gasteiger partial charge in [0.1, 0.15) is 5.75 Å². The highest BCUT2D eigenvalue weighted by molar-refractivity contribution is 5.85. The van der Waals surface area contributed by atoms with Gasteiger partial charge in [-0.2, -0.15) is 0 Å². The van der Waals surface area contributed by atoms with Gasteiger partial charge in [0, 0.05) is 6.54 Å². The molecule has 0 radical (unpaired) electrons. The first-order chi connectivity index (χ1) is 10.3. The molecule has 1 rings (SSSR count). The molecule has 22 heavy (non-hydrogen) atoms. The number of carbonyl (C=O) groups is 1. The number of amides is 1. The number of nitrogens with one attached hydrogen (secondary N) is 1. The molecule has 1 atom stereocenters. The topological polar surface area (TPSA) is 64.4 Å². The van der Waals surface area contributed by atoms with Gasteiger partial charge in [-0.1, -0.05) is 39.3 Å². The van der Waals surface area contributed by atoms with E-state index in [0.29, 0.717) is 18.9 Å². The molecule has 4 heteroatoms. The molecule has 1 aromatic carbocycles. The summed E-state index contributed by atoms with van der Waals surface area (Å²) in [6.07, 6.45) is 2.39. The highest BCUT2D eigenvalue weighted by Gasteiger charge is 2.26. The quantitative estimate of drug-likeness (QED) is 0.737. The molecule has 0 aliphatic rings. The maximum absolute atomic E-state index is 12.0. The molecule has 0 saturated carbocycles. The number of benzene rings is 1. The van der Waals surface area contributed by atoms with Crippen LogP contribution in [0.2, 0.25) is 0 Å². The van der Waals surface area contributed by atoms with Gasteiger partial charge in [0.2, 0.25) is 5.91 Å². The Labute approximate surface area is 134 Å². The van der Waals surface area contributed by atoms with Crippen LogP contribution in [-0.4, -0.2) is 24.6 Å². The zero-order valence-electron chi connectivity index (χ0n) is 14.3. The Morgan fingerprint density at radius 3 is 2.50 bits per heavy atom. The van der Waals surface area contributed by atoms with Crippen molar-refractivity contribution in [3.63, 3.8) is 0 Å². The van der Waals surface area contributed by atoms with E-state index in [1.54, 1.807) is 6.92 Å². The van der Waals surface area contributed by atoms with Crippen LogP contribution >= 0.6 is 0 Å². The maximum atomic E-state index is 12.0. The molecule has 0 aromatic heterocycles.